The predicted octanol–water partition coefficient (Wildman–Crippen LogP) is 4.02. The third-order valence-corrected chi connectivity index (χ3v) is 2.22. The van der Waals surface area contributed by atoms with Crippen LogP contribution < -0.4 is 0 Å². The van der Waals surface area contributed by atoms with Crippen LogP contribution in [0, 0.1) is 11.8 Å². The van der Waals surface area contributed by atoms with Crippen LogP contribution in [0.5, 0.6) is 0 Å². The minimum absolute atomic E-state index is 0.742. The van der Waals surface area contributed by atoms with Gasteiger partial charge < -0.3 is 0 Å². The van der Waals surface area contributed by atoms with Gasteiger partial charge in [0, 0.05) is 0 Å². The van der Waals surface area contributed by atoms with Crippen molar-refractivity contribution < 1.29 is 0 Å². The van der Waals surface area contributed by atoms with E-state index < -0.39 is 0 Å². The second-order valence-corrected chi connectivity index (χ2v) is 3.67. The van der Waals surface area contributed by atoms with Crippen LogP contribution in [0.1, 0.15) is 47.0 Å². The molecule has 0 aromatic rings. The van der Waals surface area contributed by atoms with Crippen molar-refractivity contribution in [3.8, 4) is 0 Å². The zero-order valence-electron chi connectivity index (χ0n) is 8.43. The molecule has 0 spiro atoms. The van der Waals surface area contributed by atoms with Gasteiger partial charge in [0.05, 0.1) is 0 Å². The minimum atomic E-state index is 0.742. The van der Waals surface area contributed by atoms with Crippen molar-refractivity contribution in [1.29, 1.82) is 0 Å². The SMILES string of the molecule is CCCC/C=C/C(C)C(C)C. The van der Waals surface area contributed by atoms with E-state index in [4.69, 9.17) is 0 Å². The van der Waals surface area contributed by atoms with Gasteiger partial charge in [0.2, 0.25) is 0 Å². The average molecular weight is 154 g/mol. The van der Waals surface area contributed by atoms with E-state index >= 15 is 0 Å². The summed E-state index contributed by atoms with van der Waals surface area (Å²) in [5.74, 6) is 1.53. The van der Waals surface area contributed by atoms with Crippen LogP contribution in [0.3, 0.4) is 0 Å². The second kappa shape index (κ2) is 6.45. The van der Waals surface area contributed by atoms with Gasteiger partial charge in [0.15, 0.2) is 0 Å². The summed E-state index contributed by atoms with van der Waals surface area (Å²) < 4.78 is 0. The van der Waals surface area contributed by atoms with E-state index in [0.29, 0.717) is 0 Å². The molecule has 0 aliphatic carbocycles. The highest BCUT2D eigenvalue weighted by Gasteiger charge is 2.00. The number of rotatable bonds is 5. The van der Waals surface area contributed by atoms with Gasteiger partial charge in [-0.15, -0.1) is 0 Å². The Balaban J connectivity index is 3.40. The molecule has 0 heterocycles. The molecule has 66 valence electrons. The van der Waals surface area contributed by atoms with Crippen LogP contribution in [0.4, 0.5) is 0 Å². The summed E-state index contributed by atoms with van der Waals surface area (Å²) in [6, 6.07) is 0. The van der Waals surface area contributed by atoms with E-state index in [-0.39, 0.29) is 0 Å². The zero-order chi connectivity index (χ0) is 8.69. The molecule has 1 atom stereocenters. The van der Waals surface area contributed by atoms with Gasteiger partial charge in [0.1, 0.15) is 0 Å². The second-order valence-electron chi connectivity index (χ2n) is 3.67. The largest absolute Gasteiger partial charge is 0.0883 e. The smallest absolute Gasteiger partial charge is 0.0239 e. The number of allylic oxidation sites excluding steroid dienone is 2. The highest BCUT2D eigenvalue weighted by atomic mass is 14.1. The fourth-order valence-corrected chi connectivity index (χ4v) is 0.855. The molecule has 11 heavy (non-hydrogen) atoms. The molecule has 1 unspecified atom stereocenters. The normalized spacial score (nSPS) is 14.6. The van der Waals surface area contributed by atoms with Crippen molar-refractivity contribution in [2.45, 2.75) is 47.0 Å². The number of hydrogen-bond acceptors (Lipinski definition) is 0. The van der Waals surface area contributed by atoms with E-state index in [9.17, 15) is 0 Å². The molecule has 0 aromatic carbocycles. The fraction of sp³-hybridized carbons (Fsp3) is 0.818. The highest BCUT2D eigenvalue weighted by Crippen LogP contribution is 2.11. The van der Waals surface area contributed by atoms with Gasteiger partial charge in [-0.25, -0.2) is 0 Å². The minimum Gasteiger partial charge on any atom is -0.0883 e. The van der Waals surface area contributed by atoms with Crippen LogP contribution in [0.25, 0.3) is 0 Å². The Hall–Kier alpha value is -0.260. The molecule has 0 aromatic heterocycles. The third kappa shape index (κ3) is 6.15. The first-order chi connectivity index (χ1) is 5.18. The van der Waals surface area contributed by atoms with E-state index in [1.54, 1.807) is 0 Å². The van der Waals surface area contributed by atoms with Crippen molar-refractivity contribution in [1.82, 2.24) is 0 Å². The fourth-order valence-electron chi connectivity index (χ4n) is 0.855. The lowest BCUT2D eigenvalue weighted by atomic mass is 9.97. The molecular formula is C11H22. The average Bonchev–Trinajstić information content (AvgIpc) is 1.97. The quantitative estimate of drug-likeness (QED) is 0.414. The van der Waals surface area contributed by atoms with Crippen molar-refractivity contribution in [2.75, 3.05) is 0 Å². The van der Waals surface area contributed by atoms with Crippen LogP contribution in [-0.4, -0.2) is 0 Å². The zero-order valence-corrected chi connectivity index (χ0v) is 8.43. The lowest BCUT2D eigenvalue weighted by Crippen LogP contribution is -1.98. The van der Waals surface area contributed by atoms with Crippen molar-refractivity contribution in [3.63, 3.8) is 0 Å². The van der Waals surface area contributed by atoms with E-state index in [1.165, 1.54) is 19.3 Å². The maximum Gasteiger partial charge on any atom is -0.0239 e. The predicted molar refractivity (Wildman–Crippen MR) is 52.7 cm³/mol. The van der Waals surface area contributed by atoms with Gasteiger partial charge in [-0.3, -0.25) is 0 Å². The first-order valence-corrected chi connectivity index (χ1v) is 4.85. The van der Waals surface area contributed by atoms with Crippen LogP contribution in [0.2, 0.25) is 0 Å². The van der Waals surface area contributed by atoms with Gasteiger partial charge in [0.25, 0.3) is 0 Å². The Morgan fingerprint density at radius 1 is 1.18 bits per heavy atom. The van der Waals surface area contributed by atoms with E-state index in [1.807, 2.05) is 0 Å². The van der Waals surface area contributed by atoms with E-state index in [2.05, 4.69) is 39.8 Å². The van der Waals surface area contributed by atoms with Gasteiger partial charge in [-0.05, 0) is 18.3 Å². The number of unbranched alkanes of at least 4 members (excludes halogenated alkanes) is 2. The molecular weight excluding hydrogens is 132 g/mol. The van der Waals surface area contributed by atoms with Crippen LogP contribution in [0.15, 0.2) is 12.2 Å². The van der Waals surface area contributed by atoms with Crippen LogP contribution >= 0.6 is 0 Å². The molecule has 0 radical (unpaired) electrons. The standard InChI is InChI=1S/C11H22/c1-5-6-7-8-9-11(4)10(2)3/h8-11H,5-7H2,1-4H3/b9-8+. The first-order valence-electron chi connectivity index (χ1n) is 4.85. The summed E-state index contributed by atoms with van der Waals surface area (Å²) in [5.41, 5.74) is 0. The molecule has 0 rings (SSSR count). The molecule has 0 amide bonds. The summed E-state index contributed by atoms with van der Waals surface area (Å²) in [6.07, 6.45) is 8.57. The third-order valence-electron chi connectivity index (χ3n) is 2.22. The Labute approximate surface area is 71.7 Å². The van der Waals surface area contributed by atoms with Gasteiger partial charge in [-0.1, -0.05) is 52.7 Å². The summed E-state index contributed by atoms with van der Waals surface area (Å²) in [4.78, 5) is 0. The van der Waals surface area contributed by atoms with Crippen molar-refractivity contribution in [2.24, 2.45) is 11.8 Å². The highest BCUT2D eigenvalue weighted by molar-refractivity contribution is 4.87. The summed E-state index contributed by atoms with van der Waals surface area (Å²) in [6.45, 7) is 9.07. The molecule has 0 bridgehead atoms. The lowest BCUT2D eigenvalue weighted by Gasteiger charge is -2.09. The molecule has 0 aliphatic heterocycles. The number of hydrogen-bond donors (Lipinski definition) is 0. The van der Waals surface area contributed by atoms with Crippen molar-refractivity contribution >= 4 is 0 Å². The molecule has 0 N–H and O–H groups in total. The topological polar surface area (TPSA) is 0 Å². The van der Waals surface area contributed by atoms with E-state index in [0.717, 1.165) is 11.8 Å². The maximum absolute atomic E-state index is 2.35. The van der Waals surface area contributed by atoms with Gasteiger partial charge >= 0.3 is 0 Å². The summed E-state index contributed by atoms with van der Waals surface area (Å²) >= 11 is 0. The Kier molecular flexibility index (Phi) is 6.30. The first kappa shape index (κ1) is 10.7. The monoisotopic (exact) mass is 154 g/mol. The molecule has 0 fully saturated rings. The summed E-state index contributed by atoms with van der Waals surface area (Å²) in [7, 11) is 0. The molecule has 0 heteroatoms. The molecule has 0 saturated heterocycles. The Bertz CT molecular complexity index is 101. The Morgan fingerprint density at radius 3 is 2.27 bits per heavy atom. The molecule has 0 nitrogen and oxygen atoms in total. The Morgan fingerprint density at radius 2 is 1.82 bits per heavy atom. The maximum atomic E-state index is 2.35. The van der Waals surface area contributed by atoms with Crippen molar-refractivity contribution in [3.05, 3.63) is 12.2 Å². The van der Waals surface area contributed by atoms with Crippen LogP contribution in [-0.2, 0) is 0 Å². The lowest BCUT2D eigenvalue weighted by molar-refractivity contribution is 0.503. The molecule has 0 saturated carbocycles. The van der Waals surface area contributed by atoms with Gasteiger partial charge in [-0.2, -0.15) is 0 Å². The molecule has 0 aliphatic rings. The summed E-state index contributed by atoms with van der Waals surface area (Å²) in [5, 5.41) is 0.